The molecule has 1 saturated carbocycles. The van der Waals surface area contributed by atoms with Crippen LogP contribution in [0.4, 0.5) is 0 Å². The molecule has 0 aromatic heterocycles. The number of likely N-dealkylation sites (tertiary alicyclic amines) is 2. The number of fused-ring (bicyclic) bond motifs is 4. The number of allylic oxidation sites excluding steroid dienone is 3. The lowest BCUT2D eigenvalue weighted by molar-refractivity contribution is -0.140. The van der Waals surface area contributed by atoms with Gasteiger partial charge in [-0.15, -0.1) is 0 Å². The Hall–Kier alpha value is -2.24. The van der Waals surface area contributed by atoms with Crippen LogP contribution in [0.5, 0.6) is 0 Å². The van der Waals surface area contributed by atoms with Crippen molar-refractivity contribution in [3.8, 4) is 0 Å². The van der Waals surface area contributed by atoms with Crippen molar-refractivity contribution in [2.75, 3.05) is 14.1 Å². The second-order valence-corrected chi connectivity index (χ2v) is 7.76. The molecule has 6 nitrogen and oxygen atoms in total. The van der Waals surface area contributed by atoms with Crippen LogP contribution in [0.25, 0.3) is 0 Å². The largest absolute Gasteiger partial charge is 0.285 e. The Morgan fingerprint density at radius 3 is 2.04 bits per heavy atom. The van der Waals surface area contributed by atoms with Crippen molar-refractivity contribution in [2.24, 2.45) is 35.5 Å². The Labute approximate surface area is 146 Å². The first-order valence-corrected chi connectivity index (χ1v) is 8.77. The van der Waals surface area contributed by atoms with Gasteiger partial charge < -0.3 is 0 Å². The molecular weight excluding hydrogens is 320 g/mol. The highest BCUT2D eigenvalue weighted by molar-refractivity contribution is 6.07. The van der Waals surface area contributed by atoms with Gasteiger partial charge in [-0.1, -0.05) is 25.2 Å². The minimum atomic E-state index is -0.409. The lowest BCUT2D eigenvalue weighted by atomic mass is 9.57. The van der Waals surface area contributed by atoms with Crippen molar-refractivity contribution >= 4 is 23.6 Å². The molecule has 132 valence electrons. The Morgan fingerprint density at radius 1 is 0.880 bits per heavy atom. The molecule has 0 aromatic rings. The third kappa shape index (κ3) is 1.85. The number of hydrogen-bond acceptors (Lipinski definition) is 4. The Balaban J connectivity index is 1.84. The molecule has 2 aliphatic carbocycles. The third-order valence-corrected chi connectivity index (χ3v) is 6.82. The summed E-state index contributed by atoms with van der Waals surface area (Å²) >= 11 is 0. The maximum atomic E-state index is 12.7. The number of carbonyl (C=O) groups is 4. The van der Waals surface area contributed by atoms with Crippen molar-refractivity contribution in [1.82, 2.24) is 9.80 Å². The first-order chi connectivity index (χ1) is 11.8. The van der Waals surface area contributed by atoms with E-state index in [-0.39, 0.29) is 53.2 Å². The van der Waals surface area contributed by atoms with E-state index < -0.39 is 5.92 Å². The summed E-state index contributed by atoms with van der Waals surface area (Å²) in [6, 6.07) is 0. The smallest absolute Gasteiger partial charge is 0.233 e. The summed E-state index contributed by atoms with van der Waals surface area (Å²) < 4.78 is 0. The average Bonchev–Trinajstić information content (AvgIpc) is 2.95. The molecule has 2 saturated heterocycles. The normalized spacial score (nSPS) is 40.4. The second kappa shape index (κ2) is 5.13. The van der Waals surface area contributed by atoms with Gasteiger partial charge in [0.2, 0.25) is 23.6 Å². The molecule has 4 amide bonds. The summed E-state index contributed by atoms with van der Waals surface area (Å²) in [6.45, 7) is 5.86. The van der Waals surface area contributed by atoms with Crippen LogP contribution >= 0.6 is 0 Å². The van der Waals surface area contributed by atoms with E-state index in [1.165, 1.54) is 23.9 Å². The first-order valence-electron chi connectivity index (χ1n) is 8.77. The van der Waals surface area contributed by atoms with Crippen molar-refractivity contribution < 1.29 is 19.2 Å². The maximum Gasteiger partial charge on any atom is 0.233 e. The van der Waals surface area contributed by atoms with Crippen LogP contribution in [0.15, 0.2) is 23.8 Å². The van der Waals surface area contributed by atoms with E-state index in [4.69, 9.17) is 0 Å². The van der Waals surface area contributed by atoms with Gasteiger partial charge in [0.15, 0.2) is 0 Å². The number of amides is 4. The number of rotatable bonds is 1. The highest BCUT2D eigenvalue weighted by atomic mass is 16.2. The van der Waals surface area contributed by atoms with Crippen LogP contribution in [0.3, 0.4) is 0 Å². The molecule has 0 unspecified atom stereocenters. The molecule has 25 heavy (non-hydrogen) atoms. The number of hydrogen-bond donors (Lipinski definition) is 0. The quantitative estimate of drug-likeness (QED) is 0.666. The van der Waals surface area contributed by atoms with Crippen molar-refractivity contribution in [3.05, 3.63) is 23.8 Å². The van der Waals surface area contributed by atoms with Crippen LogP contribution < -0.4 is 0 Å². The molecule has 0 aromatic carbocycles. The van der Waals surface area contributed by atoms with Crippen LogP contribution in [-0.2, 0) is 19.2 Å². The van der Waals surface area contributed by atoms with Crippen molar-refractivity contribution in [1.29, 1.82) is 0 Å². The molecule has 0 N–H and O–H groups in total. The summed E-state index contributed by atoms with van der Waals surface area (Å²) in [6.07, 6.45) is 2.72. The molecule has 2 aliphatic heterocycles. The molecule has 6 atom stereocenters. The second-order valence-electron chi connectivity index (χ2n) is 7.76. The van der Waals surface area contributed by atoms with Crippen molar-refractivity contribution in [2.45, 2.75) is 19.8 Å². The van der Waals surface area contributed by atoms with Gasteiger partial charge in [0, 0.05) is 14.1 Å². The Morgan fingerprint density at radius 2 is 1.44 bits per heavy atom. The van der Waals surface area contributed by atoms with Gasteiger partial charge >= 0.3 is 0 Å². The van der Waals surface area contributed by atoms with Gasteiger partial charge in [0.1, 0.15) is 0 Å². The highest BCUT2D eigenvalue weighted by Gasteiger charge is 2.60. The lowest BCUT2D eigenvalue weighted by Gasteiger charge is -2.44. The maximum absolute atomic E-state index is 12.7. The fourth-order valence-electron chi connectivity index (χ4n) is 5.65. The SMILES string of the molecule is C=CC1=C2[C@@H](C[C@H]3C(=O)N(C)C(=O)[C@H]3[C@H]2C)[C@H]2C(=O)N(C)C(=O)[C@H]2C1. The number of imide groups is 2. The van der Waals surface area contributed by atoms with E-state index in [2.05, 4.69) is 6.58 Å². The van der Waals surface area contributed by atoms with Crippen molar-refractivity contribution in [3.63, 3.8) is 0 Å². The van der Waals surface area contributed by atoms with Crippen LogP contribution in [0.2, 0.25) is 0 Å². The van der Waals surface area contributed by atoms with Gasteiger partial charge in [-0.2, -0.15) is 0 Å². The Kier molecular flexibility index (Phi) is 3.33. The third-order valence-electron chi connectivity index (χ3n) is 6.82. The van der Waals surface area contributed by atoms with Crippen LogP contribution in [0.1, 0.15) is 19.8 Å². The van der Waals surface area contributed by atoms with E-state index in [0.717, 1.165) is 11.1 Å². The molecule has 0 radical (unpaired) electrons. The fraction of sp³-hybridized carbons (Fsp3) is 0.579. The number of carbonyl (C=O) groups excluding carboxylic acids is 4. The number of nitrogens with zero attached hydrogens (tertiary/aromatic N) is 2. The predicted octanol–water partition coefficient (Wildman–Crippen LogP) is 0.991. The van der Waals surface area contributed by atoms with Gasteiger partial charge in [-0.05, 0) is 30.3 Å². The van der Waals surface area contributed by atoms with Crippen LogP contribution in [-0.4, -0.2) is 47.5 Å². The molecule has 2 heterocycles. The molecule has 4 rings (SSSR count). The first kappa shape index (κ1) is 16.2. The zero-order valence-electron chi connectivity index (χ0n) is 14.7. The minimum absolute atomic E-state index is 0.118. The zero-order chi connectivity index (χ0) is 18.2. The minimum Gasteiger partial charge on any atom is -0.285 e. The van der Waals surface area contributed by atoms with Gasteiger partial charge in [0.05, 0.1) is 23.7 Å². The fourth-order valence-corrected chi connectivity index (χ4v) is 5.65. The zero-order valence-corrected chi connectivity index (χ0v) is 14.7. The summed E-state index contributed by atoms with van der Waals surface area (Å²) in [4.78, 5) is 52.7. The van der Waals surface area contributed by atoms with Gasteiger partial charge in [0.25, 0.3) is 0 Å². The van der Waals surface area contributed by atoms with Crippen LogP contribution in [0, 0.1) is 35.5 Å². The van der Waals surface area contributed by atoms with E-state index in [0.29, 0.717) is 12.8 Å². The van der Waals surface area contributed by atoms with E-state index in [1.54, 1.807) is 6.08 Å². The summed E-state index contributed by atoms with van der Waals surface area (Å²) in [7, 11) is 3.06. The van der Waals surface area contributed by atoms with Gasteiger partial charge in [-0.25, -0.2) is 0 Å². The molecule has 6 heteroatoms. The highest BCUT2D eigenvalue weighted by Crippen LogP contribution is 2.56. The van der Waals surface area contributed by atoms with E-state index >= 15 is 0 Å². The predicted molar refractivity (Wildman–Crippen MR) is 88.6 cm³/mol. The molecule has 0 spiro atoms. The molecular formula is C19H22N2O4. The summed E-state index contributed by atoms with van der Waals surface area (Å²) in [5.74, 6) is -2.40. The van der Waals surface area contributed by atoms with Gasteiger partial charge in [-0.3, -0.25) is 29.0 Å². The average molecular weight is 342 g/mol. The molecule has 3 fully saturated rings. The molecule has 0 bridgehead atoms. The Bertz CT molecular complexity index is 767. The van der Waals surface area contributed by atoms with E-state index in [9.17, 15) is 19.2 Å². The summed E-state index contributed by atoms with van der Waals surface area (Å²) in [5, 5.41) is 0. The standard InChI is InChI=1S/C19H22N2O4/c1-5-9-6-11-15(19(25)21(4)16(11)22)10-7-12-14(8(2)13(9)10)18(24)20(3)17(12)23/h5,8,10-12,14-15H,1,6-7H2,2-4H3/t8-,10+,11-,12+,14-,15+/m0/s1. The summed E-state index contributed by atoms with van der Waals surface area (Å²) in [5.41, 5.74) is 2.04. The monoisotopic (exact) mass is 342 g/mol. The molecule has 4 aliphatic rings. The lowest BCUT2D eigenvalue weighted by Crippen LogP contribution is -2.44. The topological polar surface area (TPSA) is 74.8 Å². The van der Waals surface area contributed by atoms with E-state index in [1.807, 2.05) is 6.92 Å².